The first kappa shape index (κ1) is 20.8. The fourth-order valence-electron chi connectivity index (χ4n) is 3.85. The molecule has 0 spiro atoms. The fourth-order valence-corrected chi connectivity index (χ4v) is 3.85. The number of hydrogen-bond acceptors (Lipinski definition) is 6. The van der Waals surface area contributed by atoms with E-state index in [2.05, 4.69) is 25.2 Å². The third kappa shape index (κ3) is 3.95. The summed E-state index contributed by atoms with van der Waals surface area (Å²) in [5.74, 6) is 0.448. The number of hydrogen-bond donors (Lipinski definition) is 2. The first-order valence-corrected chi connectivity index (χ1v) is 10.6. The van der Waals surface area contributed by atoms with E-state index in [9.17, 15) is 14.4 Å². The zero-order chi connectivity index (χ0) is 22.1. The van der Waals surface area contributed by atoms with Gasteiger partial charge in [-0.15, -0.1) is 0 Å². The second-order valence-corrected chi connectivity index (χ2v) is 8.00. The number of rotatable bonds is 5. The van der Waals surface area contributed by atoms with Gasteiger partial charge in [0.05, 0.1) is 22.8 Å². The summed E-state index contributed by atoms with van der Waals surface area (Å²) >= 11 is 0. The highest BCUT2D eigenvalue weighted by Gasteiger charge is 2.20. The Morgan fingerprint density at radius 3 is 2.58 bits per heavy atom. The summed E-state index contributed by atoms with van der Waals surface area (Å²) in [4.78, 5) is 51.5. The summed E-state index contributed by atoms with van der Waals surface area (Å²) < 4.78 is 1.37. The minimum Gasteiger partial charge on any atom is -0.357 e. The Morgan fingerprint density at radius 1 is 1.23 bits per heavy atom. The van der Waals surface area contributed by atoms with E-state index in [1.165, 1.54) is 4.57 Å². The van der Waals surface area contributed by atoms with Crippen molar-refractivity contribution in [2.24, 2.45) is 0 Å². The molecule has 1 amide bonds. The molecule has 0 aromatic carbocycles. The van der Waals surface area contributed by atoms with Crippen LogP contribution in [0.5, 0.6) is 0 Å². The van der Waals surface area contributed by atoms with Crippen LogP contribution in [0.3, 0.4) is 0 Å². The lowest BCUT2D eigenvalue weighted by Gasteiger charge is -2.17. The average Bonchev–Trinajstić information content (AvgIpc) is 3.28. The molecule has 0 aliphatic carbocycles. The first-order valence-electron chi connectivity index (χ1n) is 10.6. The fraction of sp³-hybridized carbons (Fsp3) is 0.409. The number of fused-ring (bicyclic) bond motifs is 1. The van der Waals surface area contributed by atoms with E-state index in [1.807, 2.05) is 19.9 Å². The van der Waals surface area contributed by atoms with E-state index in [4.69, 9.17) is 0 Å². The SMILES string of the molecule is CCn1c(=O)[nH]c(=O)c2c(C(=O)Nc3ccc(N4CCCC4)nc3)cc(C(C)C)nc21. The average molecular weight is 422 g/mol. The molecule has 162 valence electrons. The van der Waals surface area contributed by atoms with Crippen LogP contribution in [0, 0.1) is 0 Å². The molecule has 4 rings (SSSR count). The molecular formula is C22H26N6O3. The predicted octanol–water partition coefficient (Wildman–Crippen LogP) is 2.48. The van der Waals surface area contributed by atoms with Crippen molar-refractivity contribution in [1.29, 1.82) is 0 Å². The molecule has 9 heteroatoms. The Bertz CT molecular complexity index is 1240. The number of carbonyl (C=O) groups is 1. The Labute approximate surface area is 179 Å². The number of H-pyrrole nitrogens is 1. The summed E-state index contributed by atoms with van der Waals surface area (Å²) in [6.07, 6.45) is 3.93. The van der Waals surface area contributed by atoms with E-state index < -0.39 is 17.2 Å². The van der Waals surface area contributed by atoms with Gasteiger partial charge in [0.1, 0.15) is 5.82 Å². The van der Waals surface area contributed by atoms with Crippen LogP contribution in [0.15, 0.2) is 34.0 Å². The number of aromatic amines is 1. The van der Waals surface area contributed by atoms with Gasteiger partial charge in [0.15, 0.2) is 5.65 Å². The van der Waals surface area contributed by atoms with Crippen molar-refractivity contribution in [3.63, 3.8) is 0 Å². The second-order valence-electron chi connectivity index (χ2n) is 8.00. The van der Waals surface area contributed by atoms with Crippen molar-refractivity contribution in [2.45, 2.75) is 46.1 Å². The smallest absolute Gasteiger partial charge is 0.329 e. The Hall–Kier alpha value is -3.49. The summed E-state index contributed by atoms with van der Waals surface area (Å²) in [5, 5.41) is 2.93. The van der Waals surface area contributed by atoms with E-state index in [0.717, 1.165) is 31.7 Å². The summed E-state index contributed by atoms with van der Waals surface area (Å²) in [6.45, 7) is 7.97. The topological polar surface area (TPSA) is 113 Å². The maximum atomic E-state index is 13.2. The Balaban J connectivity index is 1.75. The molecule has 0 atom stereocenters. The van der Waals surface area contributed by atoms with Gasteiger partial charge in [-0.05, 0) is 43.9 Å². The Morgan fingerprint density at radius 2 is 1.97 bits per heavy atom. The van der Waals surface area contributed by atoms with Crippen LogP contribution >= 0.6 is 0 Å². The second kappa shape index (κ2) is 8.33. The van der Waals surface area contributed by atoms with Gasteiger partial charge in [-0.2, -0.15) is 0 Å². The highest BCUT2D eigenvalue weighted by Crippen LogP contribution is 2.22. The van der Waals surface area contributed by atoms with Gasteiger partial charge in [0.2, 0.25) is 0 Å². The van der Waals surface area contributed by atoms with E-state index >= 15 is 0 Å². The number of anilines is 2. The Kier molecular flexibility index (Phi) is 5.58. The number of nitrogens with zero attached hydrogens (tertiary/aromatic N) is 4. The van der Waals surface area contributed by atoms with Gasteiger partial charge in [-0.25, -0.2) is 14.8 Å². The monoisotopic (exact) mass is 422 g/mol. The van der Waals surface area contributed by atoms with Gasteiger partial charge in [-0.3, -0.25) is 19.1 Å². The molecule has 0 unspecified atom stereocenters. The first-order chi connectivity index (χ1) is 14.9. The van der Waals surface area contributed by atoms with Gasteiger partial charge in [0, 0.05) is 25.3 Å². The minimum absolute atomic E-state index is 0.0112. The van der Waals surface area contributed by atoms with Crippen LogP contribution in [0.1, 0.15) is 55.6 Å². The molecule has 0 bridgehead atoms. The van der Waals surface area contributed by atoms with E-state index in [0.29, 0.717) is 17.9 Å². The largest absolute Gasteiger partial charge is 0.357 e. The molecule has 0 saturated carbocycles. The normalized spacial score (nSPS) is 13.9. The van der Waals surface area contributed by atoms with Crippen molar-refractivity contribution in [1.82, 2.24) is 19.5 Å². The molecule has 1 aliphatic heterocycles. The zero-order valence-electron chi connectivity index (χ0n) is 17.9. The van der Waals surface area contributed by atoms with Crippen molar-refractivity contribution in [3.05, 3.63) is 56.5 Å². The lowest BCUT2D eigenvalue weighted by molar-refractivity contribution is 0.102. The van der Waals surface area contributed by atoms with Gasteiger partial charge in [-0.1, -0.05) is 13.8 Å². The van der Waals surface area contributed by atoms with Crippen LogP contribution < -0.4 is 21.5 Å². The van der Waals surface area contributed by atoms with Crippen LogP contribution in [0.4, 0.5) is 11.5 Å². The maximum Gasteiger partial charge on any atom is 0.329 e. The molecule has 3 aromatic heterocycles. The van der Waals surface area contributed by atoms with Crippen LogP contribution in [0.25, 0.3) is 11.0 Å². The molecule has 31 heavy (non-hydrogen) atoms. The van der Waals surface area contributed by atoms with Crippen LogP contribution in [0.2, 0.25) is 0 Å². The lowest BCUT2D eigenvalue weighted by Crippen LogP contribution is -2.32. The summed E-state index contributed by atoms with van der Waals surface area (Å²) in [5.41, 5.74) is 0.397. The molecule has 9 nitrogen and oxygen atoms in total. The predicted molar refractivity (Wildman–Crippen MR) is 120 cm³/mol. The van der Waals surface area contributed by atoms with Crippen LogP contribution in [-0.2, 0) is 6.54 Å². The number of amides is 1. The van der Waals surface area contributed by atoms with E-state index in [1.54, 1.807) is 25.3 Å². The molecule has 0 radical (unpaired) electrons. The van der Waals surface area contributed by atoms with Gasteiger partial charge < -0.3 is 10.2 Å². The van der Waals surface area contributed by atoms with Gasteiger partial charge >= 0.3 is 5.69 Å². The third-order valence-electron chi connectivity index (χ3n) is 5.56. The maximum absolute atomic E-state index is 13.2. The summed E-state index contributed by atoms with van der Waals surface area (Å²) in [6, 6.07) is 5.30. The van der Waals surface area contributed by atoms with Crippen molar-refractivity contribution < 1.29 is 4.79 Å². The molecule has 1 saturated heterocycles. The van der Waals surface area contributed by atoms with Gasteiger partial charge in [0.25, 0.3) is 11.5 Å². The number of nitrogens with one attached hydrogen (secondary N) is 2. The lowest BCUT2D eigenvalue weighted by atomic mass is 10.0. The molecule has 1 fully saturated rings. The van der Waals surface area contributed by atoms with E-state index in [-0.39, 0.29) is 22.5 Å². The van der Waals surface area contributed by atoms with Crippen molar-refractivity contribution in [2.75, 3.05) is 23.3 Å². The summed E-state index contributed by atoms with van der Waals surface area (Å²) in [7, 11) is 0. The minimum atomic E-state index is -0.625. The highest BCUT2D eigenvalue weighted by atomic mass is 16.2. The molecule has 3 aromatic rings. The number of carbonyl (C=O) groups excluding carboxylic acids is 1. The molecular weight excluding hydrogens is 396 g/mol. The quantitative estimate of drug-likeness (QED) is 0.653. The van der Waals surface area contributed by atoms with Crippen LogP contribution in [-0.4, -0.2) is 38.5 Å². The number of pyridine rings is 2. The molecule has 4 heterocycles. The molecule has 2 N–H and O–H groups in total. The third-order valence-corrected chi connectivity index (χ3v) is 5.56. The highest BCUT2D eigenvalue weighted by molar-refractivity contribution is 6.11. The standard InChI is InChI=1S/C22H26N6O3/c1-4-28-19-18(21(30)26-22(28)31)15(11-16(25-19)13(2)3)20(29)24-14-7-8-17(23-12-14)27-9-5-6-10-27/h7-8,11-13H,4-6,9-10H2,1-3H3,(H,24,29)(H,26,30,31). The number of aryl methyl sites for hydroxylation is 1. The van der Waals surface area contributed by atoms with Crippen molar-refractivity contribution in [3.8, 4) is 0 Å². The van der Waals surface area contributed by atoms with Crippen molar-refractivity contribution >= 4 is 28.4 Å². The number of aromatic nitrogens is 4. The zero-order valence-corrected chi connectivity index (χ0v) is 17.9. The molecule has 1 aliphatic rings.